The van der Waals surface area contributed by atoms with Gasteiger partial charge in [-0.3, -0.25) is 9.69 Å². The fraction of sp³-hybridized carbons (Fsp3) is 0.333. The minimum atomic E-state index is 0.215. The monoisotopic (exact) mass is 459 g/mol. The lowest BCUT2D eigenvalue weighted by molar-refractivity contribution is -0.133. The summed E-state index contributed by atoms with van der Waals surface area (Å²) in [5.41, 5.74) is 3.42. The summed E-state index contributed by atoms with van der Waals surface area (Å²) in [4.78, 5) is 21.4. The third-order valence-corrected chi connectivity index (χ3v) is 6.23. The molecular formula is C27H29N3O4. The first-order valence-electron chi connectivity index (χ1n) is 11.7. The molecule has 3 aromatic rings. The number of rotatable bonds is 7. The highest BCUT2D eigenvalue weighted by molar-refractivity contribution is 5.76. The van der Waals surface area contributed by atoms with Gasteiger partial charge in [-0.15, -0.1) is 0 Å². The number of benzene rings is 2. The molecule has 0 aliphatic carbocycles. The van der Waals surface area contributed by atoms with Gasteiger partial charge in [0.1, 0.15) is 5.75 Å². The summed E-state index contributed by atoms with van der Waals surface area (Å²) in [6, 6.07) is 17.8. The average molecular weight is 460 g/mol. The number of aromatic nitrogens is 1. The van der Waals surface area contributed by atoms with Crippen LogP contribution in [0.5, 0.6) is 23.1 Å². The molecule has 0 bridgehead atoms. The molecule has 0 spiro atoms. The molecule has 7 nitrogen and oxygen atoms in total. The van der Waals surface area contributed by atoms with Crippen molar-refractivity contribution in [2.75, 3.05) is 33.0 Å². The highest BCUT2D eigenvalue weighted by Crippen LogP contribution is 2.32. The zero-order valence-electron chi connectivity index (χ0n) is 19.4. The van der Waals surface area contributed by atoms with Crippen molar-refractivity contribution >= 4 is 5.91 Å². The maximum Gasteiger partial charge on any atom is 0.231 e. The summed E-state index contributed by atoms with van der Waals surface area (Å²) in [6.07, 6.45) is 3.02. The van der Waals surface area contributed by atoms with E-state index in [4.69, 9.17) is 14.2 Å². The van der Waals surface area contributed by atoms with E-state index in [0.29, 0.717) is 19.1 Å². The molecule has 176 valence electrons. The van der Waals surface area contributed by atoms with E-state index in [-0.39, 0.29) is 5.91 Å². The lowest BCUT2D eigenvalue weighted by Crippen LogP contribution is -2.48. The summed E-state index contributed by atoms with van der Waals surface area (Å²) in [6.45, 7) is 6.42. The number of nitrogens with zero attached hydrogens (tertiary/aromatic N) is 3. The maximum absolute atomic E-state index is 12.7. The van der Waals surface area contributed by atoms with Gasteiger partial charge in [0.2, 0.25) is 18.6 Å². The molecule has 1 aromatic heterocycles. The van der Waals surface area contributed by atoms with Crippen LogP contribution < -0.4 is 14.2 Å². The van der Waals surface area contributed by atoms with Crippen LogP contribution in [0.4, 0.5) is 0 Å². The number of fused-ring (bicyclic) bond motifs is 1. The van der Waals surface area contributed by atoms with Gasteiger partial charge in [-0.25, -0.2) is 4.98 Å². The maximum atomic E-state index is 12.7. The number of pyridine rings is 1. The van der Waals surface area contributed by atoms with Gasteiger partial charge in [-0.1, -0.05) is 24.3 Å². The Morgan fingerprint density at radius 2 is 1.71 bits per heavy atom. The zero-order valence-corrected chi connectivity index (χ0v) is 19.4. The Hall–Kier alpha value is -3.58. The molecule has 1 amide bonds. The van der Waals surface area contributed by atoms with Crippen LogP contribution in [0.2, 0.25) is 0 Å². The predicted molar refractivity (Wildman–Crippen MR) is 128 cm³/mol. The fourth-order valence-electron chi connectivity index (χ4n) is 4.22. The minimum Gasteiger partial charge on any atom is -0.454 e. The van der Waals surface area contributed by atoms with Gasteiger partial charge in [0.05, 0.1) is 0 Å². The Kier molecular flexibility index (Phi) is 6.62. The lowest BCUT2D eigenvalue weighted by atomic mass is 10.1. The van der Waals surface area contributed by atoms with E-state index >= 15 is 0 Å². The van der Waals surface area contributed by atoms with Crippen molar-refractivity contribution in [1.82, 2.24) is 14.8 Å². The van der Waals surface area contributed by atoms with Gasteiger partial charge in [0.25, 0.3) is 0 Å². The molecule has 3 heterocycles. The summed E-state index contributed by atoms with van der Waals surface area (Å²) < 4.78 is 16.6. The van der Waals surface area contributed by atoms with Gasteiger partial charge in [-0.05, 0) is 54.3 Å². The van der Waals surface area contributed by atoms with Crippen molar-refractivity contribution in [3.8, 4) is 23.1 Å². The van der Waals surface area contributed by atoms with E-state index in [0.717, 1.165) is 67.5 Å². The van der Waals surface area contributed by atoms with Gasteiger partial charge >= 0.3 is 0 Å². The molecule has 2 aliphatic heterocycles. The number of hydrogen-bond acceptors (Lipinski definition) is 6. The Morgan fingerprint density at radius 1 is 0.941 bits per heavy atom. The normalized spacial score (nSPS) is 15.4. The Labute approximate surface area is 199 Å². The number of carbonyl (C=O) groups excluding carboxylic acids is 1. The molecule has 0 saturated carbocycles. The number of aryl methyl sites for hydroxylation is 2. The first kappa shape index (κ1) is 22.2. The van der Waals surface area contributed by atoms with Crippen molar-refractivity contribution in [1.29, 1.82) is 0 Å². The molecule has 7 heteroatoms. The molecule has 0 atom stereocenters. The number of piperazine rings is 1. The largest absolute Gasteiger partial charge is 0.454 e. The van der Waals surface area contributed by atoms with Crippen molar-refractivity contribution in [2.24, 2.45) is 0 Å². The molecule has 0 N–H and O–H groups in total. The SMILES string of the molecule is Cc1ccc(Oc2ccc(CCC(=O)N3CCN(Cc4ccc5c(c4)OCO5)CC3)cc2)nc1. The topological polar surface area (TPSA) is 64.1 Å². The molecule has 34 heavy (non-hydrogen) atoms. The van der Waals surface area contributed by atoms with E-state index in [1.165, 1.54) is 5.56 Å². The van der Waals surface area contributed by atoms with Crippen LogP contribution in [0.25, 0.3) is 0 Å². The Morgan fingerprint density at radius 3 is 2.47 bits per heavy atom. The highest BCUT2D eigenvalue weighted by Gasteiger charge is 2.22. The first-order valence-corrected chi connectivity index (χ1v) is 11.7. The van der Waals surface area contributed by atoms with Gasteiger partial charge in [-0.2, -0.15) is 0 Å². The van der Waals surface area contributed by atoms with E-state index in [2.05, 4.69) is 16.0 Å². The summed E-state index contributed by atoms with van der Waals surface area (Å²) >= 11 is 0. The van der Waals surface area contributed by atoms with Crippen molar-refractivity contribution in [3.05, 3.63) is 77.5 Å². The summed E-state index contributed by atoms with van der Waals surface area (Å²) in [5.74, 6) is 3.16. The molecular weight excluding hydrogens is 430 g/mol. The molecule has 1 saturated heterocycles. The molecule has 2 aliphatic rings. The zero-order chi connectivity index (χ0) is 23.3. The standard InChI is InChI=1S/C27H29N3O4/c1-20-2-10-26(28-17-20)34-23-7-3-21(4-8-23)6-11-27(31)30-14-12-29(13-15-30)18-22-5-9-24-25(16-22)33-19-32-24/h2-5,7-10,16-17H,6,11-15,18-19H2,1H3. The summed E-state index contributed by atoms with van der Waals surface area (Å²) in [5, 5.41) is 0. The van der Waals surface area contributed by atoms with Crippen LogP contribution in [0.1, 0.15) is 23.1 Å². The van der Waals surface area contributed by atoms with Gasteiger partial charge in [0.15, 0.2) is 11.5 Å². The third-order valence-electron chi connectivity index (χ3n) is 6.23. The van der Waals surface area contributed by atoms with E-state index in [9.17, 15) is 4.79 Å². The van der Waals surface area contributed by atoms with Crippen LogP contribution >= 0.6 is 0 Å². The number of amides is 1. The van der Waals surface area contributed by atoms with Crippen LogP contribution in [-0.4, -0.2) is 53.7 Å². The van der Waals surface area contributed by atoms with E-state index in [1.54, 1.807) is 6.20 Å². The van der Waals surface area contributed by atoms with Crippen molar-refractivity contribution < 1.29 is 19.0 Å². The van der Waals surface area contributed by atoms with Crippen LogP contribution in [0.3, 0.4) is 0 Å². The Balaban J connectivity index is 1.05. The molecule has 1 fully saturated rings. The minimum absolute atomic E-state index is 0.215. The first-order chi connectivity index (χ1) is 16.6. The third kappa shape index (κ3) is 5.48. The number of ether oxygens (including phenoxy) is 3. The summed E-state index contributed by atoms with van der Waals surface area (Å²) in [7, 11) is 0. The van der Waals surface area contributed by atoms with Crippen LogP contribution in [0, 0.1) is 6.92 Å². The predicted octanol–water partition coefficient (Wildman–Crippen LogP) is 4.19. The second-order valence-corrected chi connectivity index (χ2v) is 8.76. The second-order valence-electron chi connectivity index (χ2n) is 8.76. The van der Waals surface area contributed by atoms with Crippen molar-refractivity contribution in [3.63, 3.8) is 0 Å². The molecule has 0 unspecified atom stereocenters. The van der Waals surface area contributed by atoms with E-state index < -0.39 is 0 Å². The quantitative estimate of drug-likeness (QED) is 0.528. The molecule has 0 radical (unpaired) electrons. The average Bonchev–Trinajstić information content (AvgIpc) is 3.33. The van der Waals surface area contributed by atoms with Crippen molar-refractivity contribution in [2.45, 2.75) is 26.3 Å². The van der Waals surface area contributed by atoms with Gasteiger partial charge < -0.3 is 19.1 Å². The molecule has 5 rings (SSSR count). The van der Waals surface area contributed by atoms with Gasteiger partial charge in [0, 0.05) is 51.4 Å². The second kappa shape index (κ2) is 10.1. The number of carbonyl (C=O) groups is 1. The Bertz CT molecular complexity index is 1120. The molecule has 2 aromatic carbocycles. The smallest absolute Gasteiger partial charge is 0.231 e. The van der Waals surface area contributed by atoms with E-state index in [1.807, 2.05) is 60.4 Å². The highest BCUT2D eigenvalue weighted by atomic mass is 16.7. The number of hydrogen-bond donors (Lipinski definition) is 0. The van der Waals surface area contributed by atoms with Crippen LogP contribution in [0.15, 0.2) is 60.8 Å². The lowest BCUT2D eigenvalue weighted by Gasteiger charge is -2.34. The fourth-order valence-corrected chi connectivity index (χ4v) is 4.22. The van der Waals surface area contributed by atoms with Crippen LogP contribution in [-0.2, 0) is 17.8 Å².